The van der Waals surface area contributed by atoms with Gasteiger partial charge in [0.15, 0.2) is 5.84 Å². The van der Waals surface area contributed by atoms with E-state index in [0.717, 1.165) is 10.2 Å². The molecule has 20 heavy (non-hydrogen) atoms. The van der Waals surface area contributed by atoms with Gasteiger partial charge in [0, 0.05) is 37.5 Å². The summed E-state index contributed by atoms with van der Waals surface area (Å²) < 4.78 is 11.6. The van der Waals surface area contributed by atoms with Gasteiger partial charge in [-0.1, -0.05) is 11.2 Å². The van der Waals surface area contributed by atoms with Gasteiger partial charge in [0.25, 0.3) is 0 Å². The summed E-state index contributed by atoms with van der Waals surface area (Å²) in [5.41, 5.74) is 7.33. The topological polar surface area (TPSA) is 80.3 Å². The minimum atomic E-state index is -0.000813. The van der Waals surface area contributed by atoms with Crippen molar-refractivity contribution in [1.82, 2.24) is 0 Å². The highest BCUT2D eigenvalue weighted by molar-refractivity contribution is 9.10. The van der Waals surface area contributed by atoms with Gasteiger partial charge >= 0.3 is 0 Å². The van der Waals surface area contributed by atoms with E-state index in [2.05, 4.69) is 26.0 Å². The number of oxime groups is 1. The monoisotopic (exact) mass is 343 g/mol. The van der Waals surface area contributed by atoms with E-state index in [-0.39, 0.29) is 18.0 Å². The zero-order chi connectivity index (χ0) is 14.7. The lowest BCUT2D eigenvalue weighted by molar-refractivity contribution is -0.00461. The summed E-state index contributed by atoms with van der Waals surface area (Å²) in [7, 11) is 3.34. The molecule has 0 radical (unpaired) electrons. The Labute approximate surface area is 126 Å². The smallest absolute Gasteiger partial charge is 0.173 e. The molecule has 2 rings (SSSR count). The van der Waals surface area contributed by atoms with E-state index in [1.54, 1.807) is 14.2 Å². The van der Waals surface area contributed by atoms with Crippen LogP contribution < -0.4 is 10.6 Å². The Balaban J connectivity index is 2.37. The van der Waals surface area contributed by atoms with Crippen LogP contribution in [-0.2, 0) is 9.47 Å². The fourth-order valence-electron chi connectivity index (χ4n) is 2.47. The van der Waals surface area contributed by atoms with Crippen LogP contribution in [-0.4, -0.2) is 50.6 Å². The van der Waals surface area contributed by atoms with E-state index in [4.69, 9.17) is 20.4 Å². The minimum absolute atomic E-state index is 0.000813. The third-order valence-electron chi connectivity index (χ3n) is 3.52. The van der Waals surface area contributed by atoms with Crippen molar-refractivity contribution in [1.29, 1.82) is 0 Å². The van der Waals surface area contributed by atoms with Gasteiger partial charge < -0.3 is 25.3 Å². The molecule has 3 N–H and O–H groups in total. The lowest BCUT2D eigenvalue weighted by atomic mass is 10.1. The van der Waals surface area contributed by atoms with Crippen LogP contribution in [0.5, 0.6) is 0 Å². The molecule has 2 atom stereocenters. The highest BCUT2D eigenvalue weighted by Gasteiger charge is 2.34. The number of benzene rings is 1. The summed E-state index contributed by atoms with van der Waals surface area (Å²) >= 11 is 3.44. The van der Waals surface area contributed by atoms with Gasteiger partial charge in [-0.25, -0.2) is 0 Å². The van der Waals surface area contributed by atoms with Crippen molar-refractivity contribution < 1.29 is 14.7 Å². The lowest BCUT2D eigenvalue weighted by Gasteiger charge is -2.22. The van der Waals surface area contributed by atoms with Gasteiger partial charge in [-0.05, 0) is 28.1 Å². The number of nitrogens with two attached hydrogens (primary N) is 1. The number of halogens is 1. The van der Waals surface area contributed by atoms with Crippen LogP contribution in [0, 0.1) is 0 Å². The van der Waals surface area contributed by atoms with Gasteiger partial charge in [0.1, 0.15) is 12.2 Å². The fourth-order valence-corrected chi connectivity index (χ4v) is 3.03. The molecule has 1 aliphatic heterocycles. The molecule has 1 aromatic carbocycles. The Bertz CT molecular complexity index is 498. The van der Waals surface area contributed by atoms with Crippen molar-refractivity contribution in [2.24, 2.45) is 10.9 Å². The number of amidine groups is 1. The number of hydrogen-bond donors (Lipinski definition) is 2. The van der Waals surface area contributed by atoms with E-state index in [1.807, 2.05) is 18.2 Å². The van der Waals surface area contributed by atoms with E-state index in [0.29, 0.717) is 18.7 Å². The van der Waals surface area contributed by atoms with Crippen LogP contribution in [0.2, 0.25) is 0 Å². The predicted octanol–water partition coefficient (Wildman–Crippen LogP) is 1.39. The molecule has 0 aromatic heterocycles. The molecule has 6 nitrogen and oxygen atoms in total. The highest BCUT2D eigenvalue weighted by atomic mass is 79.9. The van der Waals surface area contributed by atoms with Gasteiger partial charge in [-0.15, -0.1) is 0 Å². The summed E-state index contributed by atoms with van der Waals surface area (Å²) in [5, 5.41) is 12.1. The second-order valence-corrected chi connectivity index (χ2v) is 5.43. The number of rotatable bonds is 4. The molecular weight excluding hydrogens is 326 g/mol. The maximum atomic E-state index is 8.95. The molecule has 1 saturated heterocycles. The van der Waals surface area contributed by atoms with Crippen molar-refractivity contribution in [3.63, 3.8) is 0 Å². The van der Waals surface area contributed by atoms with Gasteiger partial charge in [-0.2, -0.15) is 0 Å². The van der Waals surface area contributed by atoms with E-state index in [9.17, 15) is 0 Å². The Morgan fingerprint density at radius 1 is 1.35 bits per heavy atom. The summed E-state index contributed by atoms with van der Waals surface area (Å²) in [6.07, 6.45) is -0.00163. The molecule has 0 saturated carbocycles. The first kappa shape index (κ1) is 15.1. The SMILES string of the molecule is COC1CN(c2cccc(Br)c2/C(N)=N/O)CC1OC. The first-order chi connectivity index (χ1) is 9.62. The van der Waals surface area contributed by atoms with Crippen molar-refractivity contribution in [2.45, 2.75) is 12.2 Å². The Morgan fingerprint density at radius 2 is 1.95 bits per heavy atom. The average Bonchev–Trinajstić information content (AvgIpc) is 2.89. The van der Waals surface area contributed by atoms with Gasteiger partial charge in [0.2, 0.25) is 0 Å². The number of nitrogens with zero attached hydrogens (tertiary/aromatic N) is 2. The number of hydrogen-bond acceptors (Lipinski definition) is 5. The summed E-state index contributed by atoms with van der Waals surface area (Å²) in [4.78, 5) is 2.11. The molecule has 7 heteroatoms. The third kappa shape index (κ3) is 2.74. The number of anilines is 1. The zero-order valence-corrected chi connectivity index (χ0v) is 13.0. The Kier molecular flexibility index (Phi) is 4.85. The van der Waals surface area contributed by atoms with Gasteiger partial charge in [0.05, 0.1) is 5.56 Å². The van der Waals surface area contributed by atoms with Crippen LogP contribution in [0.3, 0.4) is 0 Å². The summed E-state index contributed by atoms with van der Waals surface area (Å²) in [6, 6.07) is 5.70. The van der Waals surface area contributed by atoms with Crippen molar-refractivity contribution in [3.8, 4) is 0 Å². The van der Waals surface area contributed by atoms with Crippen molar-refractivity contribution in [3.05, 3.63) is 28.2 Å². The average molecular weight is 344 g/mol. The second-order valence-electron chi connectivity index (χ2n) is 4.57. The summed E-state index contributed by atoms with van der Waals surface area (Å²) in [5.74, 6) is 0.0716. The molecular formula is C13H18BrN3O3. The Hall–Kier alpha value is -1.31. The van der Waals surface area contributed by atoms with Crippen molar-refractivity contribution >= 4 is 27.5 Å². The van der Waals surface area contributed by atoms with E-state index >= 15 is 0 Å². The second kappa shape index (κ2) is 6.43. The maximum Gasteiger partial charge on any atom is 0.173 e. The largest absolute Gasteiger partial charge is 0.409 e. The third-order valence-corrected chi connectivity index (χ3v) is 4.18. The molecule has 110 valence electrons. The molecule has 1 fully saturated rings. The zero-order valence-electron chi connectivity index (χ0n) is 11.4. The molecule has 1 heterocycles. The first-order valence-corrected chi connectivity index (χ1v) is 6.98. The fraction of sp³-hybridized carbons (Fsp3) is 0.462. The maximum absolute atomic E-state index is 8.95. The Morgan fingerprint density at radius 3 is 2.45 bits per heavy atom. The molecule has 1 aliphatic rings. The highest BCUT2D eigenvalue weighted by Crippen LogP contribution is 2.31. The first-order valence-electron chi connectivity index (χ1n) is 6.19. The van der Waals surface area contributed by atoms with Crippen LogP contribution in [0.25, 0.3) is 0 Å². The molecule has 0 spiro atoms. The van der Waals surface area contributed by atoms with Crippen LogP contribution in [0.4, 0.5) is 5.69 Å². The van der Waals surface area contributed by atoms with Gasteiger partial charge in [-0.3, -0.25) is 0 Å². The molecule has 0 amide bonds. The lowest BCUT2D eigenvalue weighted by Crippen LogP contribution is -2.27. The van der Waals surface area contributed by atoms with Crippen LogP contribution in [0.15, 0.2) is 27.8 Å². The van der Waals surface area contributed by atoms with Crippen LogP contribution >= 0.6 is 15.9 Å². The molecule has 0 bridgehead atoms. The van der Waals surface area contributed by atoms with Crippen LogP contribution in [0.1, 0.15) is 5.56 Å². The molecule has 0 aliphatic carbocycles. The number of methoxy groups -OCH3 is 2. The standard InChI is InChI=1S/C13H18BrN3O3/c1-19-10-6-17(7-11(10)20-2)9-5-3-4-8(14)12(9)13(15)16-18/h3-5,10-11,18H,6-7H2,1-2H3,(H2,15,16). The summed E-state index contributed by atoms with van der Waals surface area (Å²) in [6.45, 7) is 1.38. The molecule has 1 aromatic rings. The number of ether oxygens (including phenoxy) is 2. The van der Waals surface area contributed by atoms with Crippen molar-refractivity contribution in [2.75, 3.05) is 32.2 Å². The predicted molar refractivity (Wildman–Crippen MR) is 80.5 cm³/mol. The quantitative estimate of drug-likeness (QED) is 0.373. The normalized spacial score (nSPS) is 23.4. The molecule has 2 unspecified atom stereocenters. The minimum Gasteiger partial charge on any atom is -0.409 e. The van der Waals surface area contributed by atoms with E-state index < -0.39 is 0 Å². The van der Waals surface area contributed by atoms with E-state index in [1.165, 1.54) is 0 Å².